The first kappa shape index (κ1) is 13.6. The average Bonchev–Trinajstić information content (AvgIpc) is 2.45. The normalized spacial score (nSPS) is 22.9. The second-order valence-corrected chi connectivity index (χ2v) is 5.74. The lowest BCUT2D eigenvalue weighted by atomic mass is 9.99. The third-order valence-electron chi connectivity index (χ3n) is 4.48. The summed E-state index contributed by atoms with van der Waals surface area (Å²) >= 11 is 0. The molecule has 4 nitrogen and oxygen atoms in total. The van der Waals surface area contributed by atoms with E-state index < -0.39 is 0 Å². The van der Waals surface area contributed by atoms with Crippen LogP contribution in [0.25, 0.3) is 0 Å². The molecule has 1 N–H and O–H groups in total. The molecule has 2 aliphatic heterocycles. The minimum atomic E-state index is -0.00637. The molecule has 0 radical (unpaired) electrons. The Morgan fingerprint density at radius 1 is 1.15 bits per heavy atom. The molecule has 0 aliphatic carbocycles. The van der Waals surface area contributed by atoms with Crippen molar-refractivity contribution in [2.45, 2.75) is 12.0 Å². The van der Waals surface area contributed by atoms with Gasteiger partial charge in [-0.05, 0) is 5.56 Å². The smallest absolute Gasteiger partial charge is 0.0839 e. The van der Waals surface area contributed by atoms with E-state index in [4.69, 9.17) is 0 Å². The van der Waals surface area contributed by atoms with Gasteiger partial charge in [0.1, 0.15) is 0 Å². The number of nitrogens with one attached hydrogen (secondary N) is 1. The van der Waals surface area contributed by atoms with Crippen LogP contribution in [0.2, 0.25) is 0 Å². The van der Waals surface area contributed by atoms with Crippen LogP contribution in [0.15, 0.2) is 30.3 Å². The molecule has 106 valence electrons. The lowest BCUT2D eigenvalue weighted by molar-refractivity contribution is 0.0720. The summed E-state index contributed by atoms with van der Waals surface area (Å²) in [6, 6.07) is 13.4. The number of benzene rings is 1. The van der Waals surface area contributed by atoms with Crippen LogP contribution < -0.4 is 5.32 Å². The third-order valence-corrected chi connectivity index (χ3v) is 4.48. The lowest BCUT2D eigenvalue weighted by Gasteiger charge is -2.43. The van der Waals surface area contributed by atoms with Crippen molar-refractivity contribution in [1.82, 2.24) is 15.1 Å². The van der Waals surface area contributed by atoms with E-state index >= 15 is 0 Å². The Kier molecular flexibility index (Phi) is 4.31. The molecule has 0 spiro atoms. The summed E-state index contributed by atoms with van der Waals surface area (Å²) in [5.41, 5.74) is 1.14. The van der Waals surface area contributed by atoms with Gasteiger partial charge in [0.05, 0.1) is 12.0 Å². The molecule has 0 bridgehead atoms. The molecule has 2 aliphatic rings. The molecule has 0 amide bonds. The van der Waals surface area contributed by atoms with Crippen LogP contribution in [0.1, 0.15) is 11.5 Å². The lowest BCUT2D eigenvalue weighted by Crippen LogP contribution is -2.61. The van der Waals surface area contributed by atoms with E-state index in [1.807, 2.05) is 18.2 Å². The first-order valence-electron chi connectivity index (χ1n) is 7.48. The van der Waals surface area contributed by atoms with E-state index in [1.54, 1.807) is 0 Å². The molecule has 1 aromatic carbocycles. The van der Waals surface area contributed by atoms with Gasteiger partial charge >= 0.3 is 0 Å². The molecule has 1 unspecified atom stereocenters. The number of nitriles is 1. The second kappa shape index (κ2) is 6.36. The maximum Gasteiger partial charge on any atom is 0.0839 e. The predicted octanol–water partition coefficient (Wildman–Crippen LogP) is 0.883. The van der Waals surface area contributed by atoms with E-state index in [0.717, 1.165) is 57.4 Å². The Morgan fingerprint density at radius 3 is 2.40 bits per heavy atom. The van der Waals surface area contributed by atoms with Crippen LogP contribution in [-0.2, 0) is 0 Å². The van der Waals surface area contributed by atoms with E-state index in [9.17, 15) is 5.26 Å². The zero-order valence-corrected chi connectivity index (χ0v) is 11.8. The molecule has 1 atom stereocenters. The average molecular weight is 270 g/mol. The standard InChI is InChI=1S/C16H22N4/c17-10-15(14-4-2-1-3-5-14)13-19-6-8-20(9-7-19)16-11-18-12-16/h1-5,15-16,18H,6-9,11-13H2. The van der Waals surface area contributed by atoms with Crippen molar-refractivity contribution in [2.24, 2.45) is 0 Å². The SMILES string of the molecule is N#CC(CN1CCN(C2CNC2)CC1)c1ccccc1. The fourth-order valence-corrected chi connectivity index (χ4v) is 3.01. The largest absolute Gasteiger partial charge is 0.314 e. The number of hydrogen-bond acceptors (Lipinski definition) is 4. The summed E-state index contributed by atoms with van der Waals surface area (Å²) in [6.07, 6.45) is 0. The first-order valence-corrected chi connectivity index (χ1v) is 7.48. The number of rotatable bonds is 4. The number of hydrogen-bond donors (Lipinski definition) is 1. The molecular formula is C16H22N4. The molecule has 0 saturated carbocycles. The molecule has 1 aromatic rings. The predicted molar refractivity (Wildman–Crippen MR) is 79.5 cm³/mol. The monoisotopic (exact) mass is 270 g/mol. The number of piperazine rings is 1. The Morgan fingerprint density at radius 2 is 1.85 bits per heavy atom. The maximum atomic E-state index is 9.40. The van der Waals surface area contributed by atoms with E-state index in [2.05, 4.69) is 33.3 Å². The molecule has 2 heterocycles. The summed E-state index contributed by atoms with van der Waals surface area (Å²) in [4.78, 5) is 5.01. The molecule has 2 fully saturated rings. The minimum Gasteiger partial charge on any atom is -0.314 e. The highest BCUT2D eigenvalue weighted by atomic mass is 15.3. The van der Waals surface area contributed by atoms with Crippen molar-refractivity contribution in [3.63, 3.8) is 0 Å². The van der Waals surface area contributed by atoms with Gasteiger partial charge in [0.15, 0.2) is 0 Å². The van der Waals surface area contributed by atoms with Gasteiger partial charge < -0.3 is 5.32 Å². The third kappa shape index (κ3) is 3.01. The quantitative estimate of drug-likeness (QED) is 0.882. The van der Waals surface area contributed by atoms with Crippen LogP contribution in [0.5, 0.6) is 0 Å². The molecule has 20 heavy (non-hydrogen) atoms. The van der Waals surface area contributed by atoms with Crippen LogP contribution in [0.3, 0.4) is 0 Å². The van der Waals surface area contributed by atoms with Crippen molar-refractivity contribution in [2.75, 3.05) is 45.8 Å². The fraction of sp³-hybridized carbons (Fsp3) is 0.562. The second-order valence-electron chi connectivity index (χ2n) is 5.74. The van der Waals surface area contributed by atoms with Gasteiger partial charge in [-0.3, -0.25) is 9.80 Å². The topological polar surface area (TPSA) is 42.3 Å². The summed E-state index contributed by atoms with van der Waals surface area (Å²) in [7, 11) is 0. The fourth-order valence-electron chi connectivity index (χ4n) is 3.01. The highest BCUT2D eigenvalue weighted by Crippen LogP contribution is 2.18. The molecule has 2 saturated heterocycles. The zero-order chi connectivity index (χ0) is 13.8. The summed E-state index contributed by atoms with van der Waals surface area (Å²) in [5, 5.41) is 12.7. The first-order chi connectivity index (χ1) is 9.86. The summed E-state index contributed by atoms with van der Waals surface area (Å²) < 4.78 is 0. The molecule has 4 heteroatoms. The summed E-state index contributed by atoms with van der Waals surface area (Å²) in [5.74, 6) is -0.00637. The van der Waals surface area contributed by atoms with Crippen LogP contribution in [0.4, 0.5) is 0 Å². The van der Waals surface area contributed by atoms with Gasteiger partial charge in [-0.2, -0.15) is 5.26 Å². The molecule has 0 aromatic heterocycles. The number of nitrogens with zero attached hydrogens (tertiary/aromatic N) is 3. The maximum absolute atomic E-state index is 9.40. The van der Waals surface area contributed by atoms with Crippen LogP contribution >= 0.6 is 0 Å². The van der Waals surface area contributed by atoms with Gasteiger partial charge in [0.25, 0.3) is 0 Å². The van der Waals surface area contributed by atoms with Gasteiger partial charge in [0, 0.05) is 51.9 Å². The van der Waals surface area contributed by atoms with Gasteiger partial charge in [-0.15, -0.1) is 0 Å². The van der Waals surface area contributed by atoms with Gasteiger partial charge in [0.2, 0.25) is 0 Å². The van der Waals surface area contributed by atoms with E-state index in [1.165, 1.54) is 0 Å². The van der Waals surface area contributed by atoms with Gasteiger partial charge in [-0.1, -0.05) is 30.3 Å². The minimum absolute atomic E-state index is 0.00637. The van der Waals surface area contributed by atoms with Crippen LogP contribution in [-0.4, -0.2) is 61.7 Å². The summed E-state index contributed by atoms with van der Waals surface area (Å²) in [6.45, 7) is 7.59. The molecular weight excluding hydrogens is 248 g/mol. The van der Waals surface area contributed by atoms with Crippen molar-refractivity contribution in [3.05, 3.63) is 35.9 Å². The van der Waals surface area contributed by atoms with Crippen molar-refractivity contribution in [1.29, 1.82) is 5.26 Å². The van der Waals surface area contributed by atoms with Gasteiger partial charge in [-0.25, -0.2) is 0 Å². The van der Waals surface area contributed by atoms with E-state index in [0.29, 0.717) is 0 Å². The highest BCUT2D eigenvalue weighted by molar-refractivity contribution is 5.25. The van der Waals surface area contributed by atoms with Crippen molar-refractivity contribution >= 4 is 0 Å². The van der Waals surface area contributed by atoms with Crippen molar-refractivity contribution in [3.8, 4) is 6.07 Å². The Labute approximate surface area is 121 Å². The highest BCUT2D eigenvalue weighted by Gasteiger charge is 2.28. The zero-order valence-electron chi connectivity index (χ0n) is 11.8. The Hall–Kier alpha value is -1.41. The molecule has 3 rings (SSSR count). The Bertz CT molecular complexity index is 455. The van der Waals surface area contributed by atoms with Crippen molar-refractivity contribution < 1.29 is 0 Å². The van der Waals surface area contributed by atoms with E-state index in [-0.39, 0.29) is 5.92 Å². The van der Waals surface area contributed by atoms with Crippen LogP contribution in [0, 0.1) is 11.3 Å². The Balaban J connectivity index is 1.52.